The lowest BCUT2D eigenvalue weighted by atomic mass is 9.75. The fourth-order valence-electron chi connectivity index (χ4n) is 3.27. The summed E-state index contributed by atoms with van der Waals surface area (Å²) in [6.07, 6.45) is 2.35. The van der Waals surface area contributed by atoms with Gasteiger partial charge in [-0.1, -0.05) is 0 Å². The average molecular weight is 262 g/mol. The van der Waals surface area contributed by atoms with Crippen LogP contribution in [-0.4, -0.2) is 33.2 Å². The van der Waals surface area contributed by atoms with E-state index in [1.165, 1.54) is 0 Å². The van der Waals surface area contributed by atoms with Crippen LogP contribution in [0.4, 0.5) is 0 Å². The first kappa shape index (κ1) is 12.5. The maximum Gasteiger partial charge on any atom is 0.167 e. The van der Waals surface area contributed by atoms with Crippen LogP contribution < -0.4 is 9.47 Å². The van der Waals surface area contributed by atoms with E-state index in [2.05, 4.69) is 0 Å². The Kier molecular flexibility index (Phi) is 2.97. The van der Waals surface area contributed by atoms with Crippen molar-refractivity contribution in [1.29, 1.82) is 0 Å². The summed E-state index contributed by atoms with van der Waals surface area (Å²) in [7, 11) is 3.23. The van der Waals surface area contributed by atoms with Crippen molar-refractivity contribution in [2.45, 2.75) is 24.7 Å². The topological polar surface area (TPSA) is 44.8 Å². The molecule has 0 saturated carbocycles. The highest BCUT2D eigenvalue weighted by molar-refractivity contribution is 6.05. The smallest absolute Gasteiger partial charge is 0.167 e. The molecular formula is C15H18O4. The average Bonchev–Trinajstić information content (AvgIpc) is 2.71. The molecule has 1 spiro atoms. The maximum absolute atomic E-state index is 12.4. The molecule has 1 fully saturated rings. The molecule has 0 unspecified atom stereocenters. The fraction of sp³-hybridized carbons (Fsp3) is 0.533. The van der Waals surface area contributed by atoms with Crippen molar-refractivity contribution in [3.8, 4) is 11.5 Å². The molecule has 0 N–H and O–H groups in total. The molecule has 4 nitrogen and oxygen atoms in total. The lowest BCUT2D eigenvalue weighted by Gasteiger charge is -2.33. The minimum Gasteiger partial charge on any atom is -0.497 e. The fourth-order valence-corrected chi connectivity index (χ4v) is 3.27. The van der Waals surface area contributed by atoms with Crippen LogP contribution in [-0.2, 0) is 10.2 Å². The van der Waals surface area contributed by atoms with Gasteiger partial charge in [0.2, 0.25) is 0 Å². The lowest BCUT2D eigenvalue weighted by molar-refractivity contribution is 0.0490. The van der Waals surface area contributed by atoms with Crippen LogP contribution in [0.1, 0.15) is 35.2 Å². The number of hydrogen-bond acceptors (Lipinski definition) is 4. The summed E-state index contributed by atoms with van der Waals surface area (Å²) in [5, 5.41) is 0. The SMILES string of the molecule is COc1cc(OC)c2c(c1)C1(CCOCC1)CC2=O. The van der Waals surface area contributed by atoms with Crippen molar-refractivity contribution in [2.24, 2.45) is 0 Å². The van der Waals surface area contributed by atoms with Gasteiger partial charge in [0.1, 0.15) is 11.5 Å². The van der Waals surface area contributed by atoms with E-state index < -0.39 is 0 Å². The first-order valence-electron chi connectivity index (χ1n) is 6.58. The van der Waals surface area contributed by atoms with Crippen LogP contribution in [0.2, 0.25) is 0 Å². The van der Waals surface area contributed by atoms with Gasteiger partial charge >= 0.3 is 0 Å². The van der Waals surface area contributed by atoms with E-state index in [9.17, 15) is 4.79 Å². The molecule has 1 aliphatic heterocycles. The van der Waals surface area contributed by atoms with Crippen LogP contribution in [0.25, 0.3) is 0 Å². The Morgan fingerprint density at radius 1 is 1.16 bits per heavy atom. The molecule has 0 amide bonds. The van der Waals surface area contributed by atoms with E-state index in [0.29, 0.717) is 25.4 Å². The normalized spacial score (nSPS) is 20.4. The van der Waals surface area contributed by atoms with Crippen molar-refractivity contribution >= 4 is 5.78 Å². The van der Waals surface area contributed by atoms with Crippen molar-refractivity contribution in [3.63, 3.8) is 0 Å². The van der Waals surface area contributed by atoms with Gasteiger partial charge < -0.3 is 14.2 Å². The van der Waals surface area contributed by atoms with Gasteiger partial charge in [0.05, 0.1) is 19.8 Å². The number of rotatable bonds is 2. The molecule has 3 rings (SSSR count). The predicted octanol–water partition coefficient (Wildman–Crippen LogP) is 2.34. The van der Waals surface area contributed by atoms with E-state index in [-0.39, 0.29) is 11.2 Å². The second-order valence-electron chi connectivity index (χ2n) is 5.24. The van der Waals surface area contributed by atoms with E-state index >= 15 is 0 Å². The summed E-state index contributed by atoms with van der Waals surface area (Å²) < 4.78 is 16.1. The highest BCUT2D eigenvalue weighted by atomic mass is 16.5. The van der Waals surface area contributed by atoms with Crippen LogP contribution in [0.15, 0.2) is 12.1 Å². The molecule has 19 heavy (non-hydrogen) atoms. The zero-order chi connectivity index (χ0) is 13.5. The number of ether oxygens (including phenoxy) is 3. The van der Waals surface area contributed by atoms with E-state index in [1.807, 2.05) is 6.07 Å². The third-order valence-electron chi connectivity index (χ3n) is 4.33. The molecule has 102 valence electrons. The minimum absolute atomic E-state index is 0.0769. The van der Waals surface area contributed by atoms with Crippen LogP contribution in [0.5, 0.6) is 11.5 Å². The summed E-state index contributed by atoms with van der Waals surface area (Å²) >= 11 is 0. The molecular weight excluding hydrogens is 244 g/mol. The summed E-state index contributed by atoms with van der Waals surface area (Å²) in [4.78, 5) is 12.4. The molecule has 1 aliphatic carbocycles. The molecule has 1 aromatic carbocycles. The largest absolute Gasteiger partial charge is 0.497 e. The number of benzene rings is 1. The summed E-state index contributed by atoms with van der Waals surface area (Å²) in [5.41, 5.74) is 1.74. The van der Waals surface area contributed by atoms with Gasteiger partial charge in [-0.2, -0.15) is 0 Å². The molecule has 1 heterocycles. The highest BCUT2D eigenvalue weighted by Crippen LogP contribution is 2.49. The van der Waals surface area contributed by atoms with Gasteiger partial charge in [0.25, 0.3) is 0 Å². The molecule has 0 atom stereocenters. The Morgan fingerprint density at radius 3 is 2.53 bits per heavy atom. The Bertz CT molecular complexity index is 515. The van der Waals surface area contributed by atoms with Gasteiger partial charge in [-0.05, 0) is 24.5 Å². The van der Waals surface area contributed by atoms with E-state index in [1.54, 1.807) is 20.3 Å². The first-order chi connectivity index (χ1) is 9.20. The van der Waals surface area contributed by atoms with Crippen molar-refractivity contribution in [3.05, 3.63) is 23.3 Å². The molecule has 0 radical (unpaired) electrons. The lowest BCUT2D eigenvalue weighted by Crippen LogP contribution is -2.31. The van der Waals surface area contributed by atoms with Crippen LogP contribution >= 0.6 is 0 Å². The molecule has 0 bridgehead atoms. The number of ketones is 1. The maximum atomic E-state index is 12.4. The van der Waals surface area contributed by atoms with Crippen molar-refractivity contribution < 1.29 is 19.0 Å². The molecule has 2 aliphatic rings. The Hall–Kier alpha value is -1.55. The van der Waals surface area contributed by atoms with Gasteiger partial charge in [-0.3, -0.25) is 4.79 Å². The van der Waals surface area contributed by atoms with Gasteiger partial charge in [0, 0.05) is 31.1 Å². The standard InChI is InChI=1S/C15H18O4/c1-17-10-7-11-14(13(8-10)18-2)12(16)9-15(11)3-5-19-6-4-15/h7-8H,3-6,9H2,1-2H3. The number of fused-ring (bicyclic) bond motifs is 2. The number of methoxy groups -OCH3 is 2. The predicted molar refractivity (Wildman–Crippen MR) is 70.2 cm³/mol. The third-order valence-corrected chi connectivity index (χ3v) is 4.33. The van der Waals surface area contributed by atoms with Crippen LogP contribution in [0, 0.1) is 0 Å². The molecule has 1 saturated heterocycles. The van der Waals surface area contributed by atoms with Crippen LogP contribution in [0.3, 0.4) is 0 Å². The summed E-state index contributed by atoms with van der Waals surface area (Å²) in [6.45, 7) is 1.43. The molecule has 4 heteroatoms. The van der Waals surface area contributed by atoms with Gasteiger partial charge in [-0.25, -0.2) is 0 Å². The van der Waals surface area contributed by atoms with Crippen molar-refractivity contribution in [1.82, 2.24) is 0 Å². The number of carbonyl (C=O) groups excluding carboxylic acids is 1. The Labute approximate surface area is 112 Å². The first-order valence-corrected chi connectivity index (χ1v) is 6.58. The summed E-state index contributed by atoms with van der Waals surface area (Å²) in [5.74, 6) is 1.55. The van der Waals surface area contributed by atoms with Crippen molar-refractivity contribution in [2.75, 3.05) is 27.4 Å². The number of Topliss-reactive ketones (excluding diaryl/α,β-unsaturated/α-hetero) is 1. The van der Waals surface area contributed by atoms with E-state index in [0.717, 1.165) is 29.7 Å². The third kappa shape index (κ3) is 1.82. The van der Waals surface area contributed by atoms with Gasteiger partial charge in [-0.15, -0.1) is 0 Å². The zero-order valence-electron chi connectivity index (χ0n) is 11.3. The number of hydrogen-bond donors (Lipinski definition) is 0. The monoisotopic (exact) mass is 262 g/mol. The minimum atomic E-state index is -0.0769. The van der Waals surface area contributed by atoms with Gasteiger partial charge in [0.15, 0.2) is 5.78 Å². The van der Waals surface area contributed by atoms with E-state index in [4.69, 9.17) is 14.2 Å². The summed E-state index contributed by atoms with van der Waals surface area (Å²) in [6, 6.07) is 3.78. The quantitative estimate of drug-likeness (QED) is 0.820. The second-order valence-corrected chi connectivity index (χ2v) is 5.24. The highest BCUT2D eigenvalue weighted by Gasteiger charge is 2.46. The zero-order valence-corrected chi connectivity index (χ0v) is 11.3. The molecule has 1 aromatic rings. The molecule has 0 aromatic heterocycles. The Morgan fingerprint density at radius 2 is 1.89 bits per heavy atom. The Balaban J connectivity index is 2.17. The number of carbonyl (C=O) groups is 1. The second kappa shape index (κ2) is 4.53.